The normalized spacial score (nSPS) is 9.87. The van der Waals surface area contributed by atoms with E-state index in [2.05, 4.69) is 4.74 Å². The molecule has 0 saturated heterocycles. The molecule has 0 heterocycles. The molecule has 5 heteroatoms. The second kappa shape index (κ2) is 4.58. The maximum absolute atomic E-state index is 11.4. The van der Waals surface area contributed by atoms with Gasteiger partial charge in [-0.2, -0.15) is 0 Å². The van der Waals surface area contributed by atoms with E-state index in [1.54, 1.807) is 12.1 Å². The SMILES string of the molecule is Bc1cc(Cl)c(C(=O)OC)cc1N(C)C. The van der Waals surface area contributed by atoms with Gasteiger partial charge in [0.1, 0.15) is 7.85 Å². The number of methoxy groups -OCH3 is 1. The van der Waals surface area contributed by atoms with Gasteiger partial charge in [-0.1, -0.05) is 17.1 Å². The Morgan fingerprint density at radius 2 is 2.07 bits per heavy atom. The van der Waals surface area contributed by atoms with Gasteiger partial charge in [-0.15, -0.1) is 0 Å². The predicted octanol–water partition coefficient (Wildman–Crippen LogP) is 0.451. The summed E-state index contributed by atoms with van der Waals surface area (Å²) in [5, 5.41) is 0.421. The molecule has 3 nitrogen and oxygen atoms in total. The van der Waals surface area contributed by atoms with Crippen LogP contribution in [0.3, 0.4) is 0 Å². The van der Waals surface area contributed by atoms with E-state index in [9.17, 15) is 4.79 Å². The molecule has 0 spiro atoms. The number of esters is 1. The van der Waals surface area contributed by atoms with Gasteiger partial charge < -0.3 is 9.64 Å². The molecular weight excluding hydrogens is 212 g/mol. The molecule has 0 aromatic heterocycles. The van der Waals surface area contributed by atoms with E-state index >= 15 is 0 Å². The highest BCUT2D eigenvalue weighted by atomic mass is 35.5. The Labute approximate surface area is 95.4 Å². The molecule has 0 atom stereocenters. The zero-order valence-electron chi connectivity index (χ0n) is 9.30. The number of rotatable bonds is 2. The molecule has 1 aromatic rings. The summed E-state index contributed by atoms with van der Waals surface area (Å²) in [6.07, 6.45) is 0. The Bertz CT molecular complexity index is 393. The van der Waals surface area contributed by atoms with E-state index < -0.39 is 5.97 Å². The Balaban J connectivity index is 3.29. The number of anilines is 1. The van der Waals surface area contributed by atoms with Crippen molar-refractivity contribution >= 4 is 36.6 Å². The molecule has 1 aromatic carbocycles. The molecule has 0 N–H and O–H groups in total. The highest BCUT2D eigenvalue weighted by molar-refractivity contribution is 6.40. The minimum absolute atomic E-state index is 0.397. The first-order valence-corrected chi connectivity index (χ1v) is 4.91. The highest BCUT2D eigenvalue weighted by Gasteiger charge is 2.13. The van der Waals surface area contributed by atoms with Crippen molar-refractivity contribution in [2.75, 3.05) is 26.1 Å². The van der Waals surface area contributed by atoms with Gasteiger partial charge in [0.2, 0.25) is 0 Å². The summed E-state index contributed by atoms with van der Waals surface area (Å²) in [6, 6.07) is 3.51. The van der Waals surface area contributed by atoms with Crippen LogP contribution in [0.2, 0.25) is 5.02 Å². The van der Waals surface area contributed by atoms with Crippen LogP contribution in [0.15, 0.2) is 12.1 Å². The monoisotopic (exact) mass is 225 g/mol. The third kappa shape index (κ3) is 2.45. The second-order valence-electron chi connectivity index (χ2n) is 3.50. The number of ether oxygens (including phenoxy) is 1. The molecule has 80 valence electrons. The summed E-state index contributed by atoms with van der Waals surface area (Å²) in [7, 11) is 7.12. The zero-order valence-corrected chi connectivity index (χ0v) is 10.1. The molecule has 0 fully saturated rings. The van der Waals surface area contributed by atoms with Crippen molar-refractivity contribution in [2.24, 2.45) is 0 Å². The third-order valence-electron chi connectivity index (χ3n) is 2.17. The van der Waals surface area contributed by atoms with Gasteiger partial charge in [0, 0.05) is 19.8 Å². The van der Waals surface area contributed by atoms with Gasteiger partial charge >= 0.3 is 5.97 Å². The summed E-state index contributed by atoms with van der Waals surface area (Å²) in [5.41, 5.74) is 2.38. The van der Waals surface area contributed by atoms with E-state index in [0.717, 1.165) is 11.2 Å². The van der Waals surface area contributed by atoms with Crippen molar-refractivity contribution in [3.63, 3.8) is 0 Å². The molecule has 0 aliphatic rings. The predicted molar refractivity (Wildman–Crippen MR) is 65.3 cm³/mol. The van der Waals surface area contributed by atoms with Crippen LogP contribution in [0.1, 0.15) is 10.4 Å². The number of carbonyl (C=O) groups excluding carboxylic acids is 1. The zero-order chi connectivity index (χ0) is 11.6. The van der Waals surface area contributed by atoms with E-state index in [4.69, 9.17) is 11.6 Å². The number of halogens is 1. The van der Waals surface area contributed by atoms with E-state index in [1.807, 2.05) is 26.8 Å². The summed E-state index contributed by atoms with van der Waals surface area (Å²) in [4.78, 5) is 13.3. The Morgan fingerprint density at radius 1 is 1.47 bits per heavy atom. The van der Waals surface area contributed by atoms with Crippen LogP contribution in [0.25, 0.3) is 0 Å². The fraction of sp³-hybridized carbons (Fsp3) is 0.300. The lowest BCUT2D eigenvalue weighted by Gasteiger charge is -2.17. The van der Waals surface area contributed by atoms with Crippen LogP contribution in [0.4, 0.5) is 5.69 Å². The lowest BCUT2D eigenvalue weighted by atomic mass is 9.92. The third-order valence-corrected chi connectivity index (χ3v) is 2.49. The standard InChI is InChI=1S/C10H13BClNO2/c1-13(2)9-4-6(10(14)15-3)8(12)5-7(9)11/h4-5H,11H2,1-3H3. The van der Waals surface area contributed by atoms with Crippen LogP contribution < -0.4 is 10.4 Å². The quantitative estimate of drug-likeness (QED) is 0.541. The molecule has 15 heavy (non-hydrogen) atoms. The molecular formula is C10H13BClNO2. The largest absolute Gasteiger partial charge is 0.465 e. The fourth-order valence-electron chi connectivity index (χ4n) is 1.41. The summed E-state index contributed by atoms with van der Waals surface area (Å²) in [5.74, 6) is -0.414. The first-order chi connectivity index (χ1) is 6.97. The van der Waals surface area contributed by atoms with Gasteiger partial charge in [0.15, 0.2) is 0 Å². The topological polar surface area (TPSA) is 29.5 Å². The van der Waals surface area contributed by atoms with Crippen LogP contribution >= 0.6 is 11.6 Å². The molecule has 0 aliphatic heterocycles. The molecule has 0 bridgehead atoms. The van der Waals surface area contributed by atoms with E-state index in [1.165, 1.54) is 7.11 Å². The van der Waals surface area contributed by atoms with Gasteiger partial charge in [0.05, 0.1) is 17.7 Å². The average molecular weight is 225 g/mol. The number of benzene rings is 1. The van der Waals surface area contributed by atoms with Crippen molar-refractivity contribution < 1.29 is 9.53 Å². The van der Waals surface area contributed by atoms with Gasteiger partial charge in [-0.05, 0) is 12.1 Å². The van der Waals surface area contributed by atoms with Crippen molar-refractivity contribution in [3.05, 3.63) is 22.7 Å². The first kappa shape index (κ1) is 11.9. The van der Waals surface area contributed by atoms with E-state index in [-0.39, 0.29) is 0 Å². The Morgan fingerprint density at radius 3 is 2.53 bits per heavy atom. The lowest BCUT2D eigenvalue weighted by molar-refractivity contribution is 0.0601. The minimum Gasteiger partial charge on any atom is -0.465 e. The van der Waals surface area contributed by atoms with Crippen LogP contribution in [0.5, 0.6) is 0 Å². The smallest absolute Gasteiger partial charge is 0.339 e. The fourth-order valence-corrected chi connectivity index (χ4v) is 1.70. The van der Waals surface area contributed by atoms with Crippen molar-refractivity contribution in [1.82, 2.24) is 0 Å². The first-order valence-electron chi connectivity index (χ1n) is 4.53. The van der Waals surface area contributed by atoms with E-state index in [0.29, 0.717) is 10.6 Å². The van der Waals surface area contributed by atoms with Gasteiger partial charge in [-0.25, -0.2) is 4.79 Å². The van der Waals surface area contributed by atoms with Crippen molar-refractivity contribution in [3.8, 4) is 0 Å². The number of nitrogens with zero attached hydrogens (tertiary/aromatic N) is 1. The summed E-state index contributed by atoms with van der Waals surface area (Å²) < 4.78 is 4.65. The van der Waals surface area contributed by atoms with Crippen LogP contribution in [0, 0.1) is 0 Å². The molecule has 0 unspecified atom stereocenters. The summed E-state index contributed by atoms with van der Waals surface area (Å²) >= 11 is 5.96. The summed E-state index contributed by atoms with van der Waals surface area (Å²) in [6.45, 7) is 0. The maximum atomic E-state index is 11.4. The Hall–Kier alpha value is -1.16. The number of carbonyl (C=O) groups is 1. The Kier molecular flexibility index (Phi) is 3.64. The molecule has 0 radical (unpaired) electrons. The van der Waals surface area contributed by atoms with Crippen LogP contribution in [-0.4, -0.2) is 35.0 Å². The number of hydrogen-bond donors (Lipinski definition) is 0. The highest BCUT2D eigenvalue weighted by Crippen LogP contribution is 2.20. The lowest BCUT2D eigenvalue weighted by Crippen LogP contribution is -2.20. The number of hydrogen-bond acceptors (Lipinski definition) is 3. The van der Waals surface area contributed by atoms with Gasteiger partial charge in [-0.3, -0.25) is 0 Å². The van der Waals surface area contributed by atoms with Crippen LogP contribution in [-0.2, 0) is 4.74 Å². The average Bonchev–Trinajstić information content (AvgIpc) is 2.16. The van der Waals surface area contributed by atoms with Crippen molar-refractivity contribution in [1.29, 1.82) is 0 Å². The van der Waals surface area contributed by atoms with Gasteiger partial charge in [0.25, 0.3) is 0 Å². The van der Waals surface area contributed by atoms with Crippen molar-refractivity contribution in [2.45, 2.75) is 0 Å². The minimum atomic E-state index is -0.414. The molecule has 0 saturated carbocycles. The molecule has 0 amide bonds. The molecule has 1 rings (SSSR count). The maximum Gasteiger partial charge on any atom is 0.339 e. The second-order valence-corrected chi connectivity index (χ2v) is 3.91. The molecule has 0 aliphatic carbocycles.